The zero-order valence-corrected chi connectivity index (χ0v) is 6.90. The summed E-state index contributed by atoms with van der Waals surface area (Å²) in [5.74, 6) is -1.91. The highest BCUT2D eigenvalue weighted by atomic mass is 16.5. The Bertz CT molecular complexity index is 195. The van der Waals surface area contributed by atoms with Crippen LogP contribution in [0.5, 0.6) is 0 Å². The van der Waals surface area contributed by atoms with Gasteiger partial charge >= 0.3 is 11.9 Å². The smallest absolute Gasteiger partial charge is 0.307 e. The quantitative estimate of drug-likeness (QED) is 0.538. The Labute approximate surface area is 74.5 Å². The van der Waals surface area contributed by atoms with Gasteiger partial charge in [-0.1, -0.05) is 0 Å². The number of hydrogen-bond donors (Lipinski definition) is 3. The first-order chi connectivity index (χ1) is 6.08. The van der Waals surface area contributed by atoms with Crippen molar-refractivity contribution >= 4 is 11.9 Å². The van der Waals surface area contributed by atoms with Gasteiger partial charge in [0.05, 0.1) is 18.9 Å². The van der Waals surface area contributed by atoms with E-state index in [1.165, 1.54) is 0 Å². The van der Waals surface area contributed by atoms with E-state index in [-0.39, 0.29) is 12.8 Å². The summed E-state index contributed by atoms with van der Waals surface area (Å²) in [6, 6.07) is 0. The van der Waals surface area contributed by atoms with Crippen LogP contribution in [0.2, 0.25) is 0 Å². The molecule has 0 radical (unpaired) electrons. The fourth-order valence-electron chi connectivity index (χ4n) is 1.19. The van der Waals surface area contributed by atoms with Crippen LogP contribution in [-0.4, -0.2) is 41.0 Å². The molecule has 0 aromatic heterocycles. The number of carbonyl (C=O) groups is 2. The van der Waals surface area contributed by atoms with Gasteiger partial charge in [0.1, 0.15) is 6.23 Å². The summed E-state index contributed by atoms with van der Waals surface area (Å²) in [6.07, 6.45) is -1.21. The van der Waals surface area contributed by atoms with E-state index in [2.05, 4.69) is 5.32 Å². The van der Waals surface area contributed by atoms with E-state index in [4.69, 9.17) is 14.9 Å². The largest absolute Gasteiger partial charge is 0.481 e. The van der Waals surface area contributed by atoms with E-state index in [0.717, 1.165) is 0 Å². The average molecular weight is 189 g/mol. The molecule has 2 unspecified atom stereocenters. The standard InChI is InChI=1S/C7H11NO5/c9-6(10)1-4-3-8-5(13-4)2-7(11)12/h4-5,8H,1-3H2,(H,9,10)(H,11,12). The molecule has 0 saturated carbocycles. The highest BCUT2D eigenvalue weighted by Gasteiger charge is 2.27. The van der Waals surface area contributed by atoms with Crippen LogP contribution in [0.4, 0.5) is 0 Å². The molecule has 2 atom stereocenters. The molecule has 1 saturated heterocycles. The maximum absolute atomic E-state index is 10.3. The van der Waals surface area contributed by atoms with Crippen molar-refractivity contribution in [1.82, 2.24) is 5.32 Å². The lowest BCUT2D eigenvalue weighted by atomic mass is 10.3. The lowest BCUT2D eigenvalue weighted by molar-refractivity contribution is -0.141. The van der Waals surface area contributed by atoms with Crippen LogP contribution in [0.25, 0.3) is 0 Å². The van der Waals surface area contributed by atoms with Crippen LogP contribution in [0, 0.1) is 0 Å². The van der Waals surface area contributed by atoms with E-state index in [9.17, 15) is 9.59 Å². The molecule has 0 aliphatic carbocycles. The summed E-state index contributed by atoms with van der Waals surface area (Å²) in [7, 11) is 0. The first-order valence-corrected chi connectivity index (χ1v) is 3.90. The van der Waals surface area contributed by atoms with Crippen LogP contribution in [0.3, 0.4) is 0 Å². The second-order valence-electron chi connectivity index (χ2n) is 2.85. The van der Waals surface area contributed by atoms with Gasteiger partial charge in [-0.15, -0.1) is 0 Å². The van der Waals surface area contributed by atoms with Crippen LogP contribution >= 0.6 is 0 Å². The zero-order chi connectivity index (χ0) is 9.84. The van der Waals surface area contributed by atoms with Crippen molar-refractivity contribution < 1.29 is 24.5 Å². The van der Waals surface area contributed by atoms with Gasteiger partial charge in [0.2, 0.25) is 0 Å². The third kappa shape index (κ3) is 3.39. The van der Waals surface area contributed by atoms with Crippen molar-refractivity contribution in [3.8, 4) is 0 Å². The topological polar surface area (TPSA) is 95.9 Å². The normalized spacial score (nSPS) is 27.4. The Balaban J connectivity index is 2.27. The molecule has 1 heterocycles. The van der Waals surface area contributed by atoms with E-state index in [0.29, 0.717) is 6.54 Å². The minimum absolute atomic E-state index is 0.0941. The highest BCUT2D eigenvalue weighted by molar-refractivity contribution is 5.68. The van der Waals surface area contributed by atoms with Crippen molar-refractivity contribution in [2.45, 2.75) is 25.2 Å². The Morgan fingerprint density at radius 1 is 1.31 bits per heavy atom. The summed E-state index contributed by atoms with van der Waals surface area (Å²) in [5, 5.41) is 19.6. The van der Waals surface area contributed by atoms with Gasteiger partial charge < -0.3 is 14.9 Å². The lowest BCUT2D eigenvalue weighted by Crippen LogP contribution is -2.25. The van der Waals surface area contributed by atoms with Crippen LogP contribution in [-0.2, 0) is 14.3 Å². The average Bonchev–Trinajstić information content (AvgIpc) is 2.33. The predicted molar refractivity (Wildman–Crippen MR) is 41.2 cm³/mol. The molecule has 0 spiro atoms. The summed E-state index contributed by atoms with van der Waals surface area (Å²) in [6.45, 7) is 0.393. The molecule has 74 valence electrons. The predicted octanol–water partition coefficient (Wildman–Crippen LogP) is -0.750. The molecule has 1 fully saturated rings. The first kappa shape index (κ1) is 9.94. The number of hydrogen-bond acceptors (Lipinski definition) is 4. The van der Waals surface area contributed by atoms with Gasteiger partial charge in [0.15, 0.2) is 0 Å². The van der Waals surface area contributed by atoms with Crippen molar-refractivity contribution in [1.29, 1.82) is 0 Å². The molecule has 0 amide bonds. The van der Waals surface area contributed by atoms with Gasteiger partial charge in [-0.25, -0.2) is 0 Å². The minimum Gasteiger partial charge on any atom is -0.481 e. The Morgan fingerprint density at radius 3 is 2.46 bits per heavy atom. The van der Waals surface area contributed by atoms with Crippen molar-refractivity contribution in [3.63, 3.8) is 0 Å². The molecule has 6 heteroatoms. The number of carboxylic acids is 2. The molecule has 0 aromatic rings. The van der Waals surface area contributed by atoms with E-state index >= 15 is 0 Å². The van der Waals surface area contributed by atoms with E-state index in [1.54, 1.807) is 0 Å². The van der Waals surface area contributed by atoms with Crippen LogP contribution in [0.15, 0.2) is 0 Å². The Hall–Kier alpha value is -1.14. The minimum atomic E-state index is -0.964. The molecule has 0 bridgehead atoms. The highest BCUT2D eigenvalue weighted by Crippen LogP contribution is 2.10. The van der Waals surface area contributed by atoms with Crippen molar-refractivity contribution in [3.05, 3.63) is 0 Å². The molecule has 1 aliphatic rings. The van der Waals surface area contributed by atoms with Crippen molar-refractivity contribution in [2.75, 3.05) is 6.54 Å². The Morgan fingerprint density at radius 2 is 1.92 bits per heavy atom. The molecular formula is C7H11NO5. The molecule has 6 nitrogen and oxygen atoms in total. The number of carboxylic acid groups (broad SMARTS) is 2. The Kier molecular flexibility index (Phi) is 3.21. The molecule has 0 aromatic carbocycles. The number of nitrogens with one attached hydrogen (secondary N) is 1. The summed E-state index contributed by atoms with van der Waals surface area (Å²) in [5.41, 5.74) is 0. The fourth-order valence-corrected chi connectivity index (χ4v) is 1.19. The zero-order valence-electron chi connectivity index (χ0n) is 6.90. The van der Waals surface area contributed by atoms with E-state index < -0.39 is 24.3 Å². The van der Waals surface area contributed by atoms with Crippen molar-refractivity contribution in [2.24, 2.45) is 0 Å². The summed E-state index contributed by atoms with van der Waals surface area (Å²) < 4.78 is 5.11. The molecule has 13 heavy (non-hydrogen) atoms. The first-order valence-electron chi connectivity index (χ1n) is 3.90. The maximum atomic E-state index is 10.3. The molecular weight excluding hydrogens is 178 g/mol. The SMILES string of the molecule is O=C(O)CC1CNC(CC(=O)O)O1. The van der Waals surface area contributed by atoms with Gasteiger partial charge in [-0.05, 0) is 0 Å². The van der Waals surface area contributed by atoms with Gasteiger partial charge in [0, 0.05) is 6.54 Å². The molecule has 1 rings (SSSR count). The van der Waals surface area contributed by atoms with E-state index in [1.807, 2.05) is 0 Å². The van der Waals surface area contributed by atoms with Crippen LogP contribution in [0.1, 0.15) is 12.8 Å². The second-order valence-corrected chi connectivity index (χ2v) is 2.85. The maximum Gasteiger partial charge on any atom is 0.307 e. The van der Waals surface area contributed by atoms with Gasteiger partial charge in [0.25, 0.3) is 0 Å². The molecule has 1 aliphatic heterocycles. The van der Waals surface area contributed by atoms with Gasteiger partial charge in [-0.3, -0.25) is 14.9 Å². The third-order valence-electron chi connectivity index (χ3n) is 1.69. The molecule has 3 N–H and O–H groups in total. The number of aliphatic carboxylic acids is 2. The monoisotopic (exact) mass is 189 g/mol. The summed E-state index contributed by atoms with van der Waals surface area (Å²) in [4.78, 5) is 20.5. The summed E-state index contributed by atoms with van der Waals surface area (Å²) >= 11 is 0. The lowest BCUT2D eigenvalue weighted by Gasteiger charge is -2.08. The second kappa shape index (κ2) is 4.20. The van der Waals surface area contributed by atoms with Crippen LogP contribution < -0.4 is 5.32 Å². The number of ether oxygens (including phenoxy) is 1. The van der Waals surface area contributed by atoms with Gasteiger partial charge in [-0.2, -0.15) is 0 Å². The third-order valence-corrected chi connectivity index (χ3v) is 1.69. The fraction of sp³-hybridized carbons (Fsp3) is 0.714. The number of rotatable bonds is 4.